The lowest BCUT2D eigenvalue weighted by molar-refractivity contribution is -0.395. The Balaban J connectivity index is 2.56. The Bertz CT molecular complexity index is 359. The molecule has 0 saturated heterocycles. The average Bonchev–Trinajstić information content (AvgIpc) is 2.12. The van der Waals surface area contributed by atoms with Crippen LogP contribution in [0.25, 0.3) is 0 Å². The first-order chi connectivity index (χ1) is 5.79. The lowest BCUT2D eigenvalue weighted by atomic mass is 10.2. The summed E-state index contributed by atoms with van der Waals surface area (Å²) in [5.41, 5.74) is 0.286. The Morgan fingerprint density at radius 3 is 2.92 bits per heavy atom. The summed E-state index contributed by atoms with van der Waals surface area (Å²) < 4.78 is 5.37. The highest BCUT2D eigenvalue weighted by atomic mass is 16.5. The van der Waals surface area contributed by atoms with E-state index in [-0.39, 0.29) is 12.3 Å². The third-order valence-electron chi connectivity index (χ3n) is 1.66. The van der Waals surface area contributed by atoms with Gasteiger partial charge < -0.3 is 4.74 Å². The molecule has 4 heteroatoms. The van der Waals surface area contributed by atoms with Crippen molar-refractivity contribution in [1.82, 2.24) is 0 Å². The molecule has 2 rings (SSSR count). The molecule has 1 heterocycles. The predicted octanol–water partition coefficient (Wildman–Crippen LogP) is 1.02. The van der Waals surface area contributed by atoms with E-state index in [1.165, 1.54) is 0 Å². The first-order valence-electron chi connectivity index (χ1n) is 3.51. The van der Waals surface area contributed by atoms with Crippen LogP contribution >= 0.6 is 0 Å². The smallest absolute Gasteiger partial charge is 0.471 e. The normalized spacial score (nSPS) is 15.3. The van der Waals surface area contributed by atoms with E-state index in [9.17, 15) is 9.70 Å². The summed E-state index contributed by atoms with van der Waals surface area (Å²) in [7, 11) is 0. The topological polar surface area (TPSA) is 46.4 Å². The fourth-order valence-corrected chi connectivity index (χ4v) is 1.08. The van der Waals surface area contributed by atoms with Gasteiger partial charge in [0.05, 0.1) is 0 Å². The molecule has 1 amide bonds. The van der Waals surface area contributed by atoms with E-state index in [0.29, 0.717) is 10.5 Å². The highest BCUT2D eigenvalue weighted by Crippen LogP contribution is 2.29. The molecule has 0 aromatic heterocycles. The Morgan fingerprint density at radius 2 is 2.08 bits per heavy atom. The zero-order valence-corrected chi connectivity index (χ0v) is 6.19. The summed E-state index contributed by atoms with van der Waals surface area (Å²) in [6, 6.07) is 6.65. The molecule has 1 aromatic carbocycles. The third-order valence-corrected chi connectivity index (χ3v) is 1.66. The molecule has 1 aliphatic heterocycles. The van der Waals surface area contributed by atoms with E-state index >= 15 is 0 Å². The Labute approximate surface area is 68.3 Å². The van der Waals surface area contributed by atoms with Gasteiger partial charge in [0.1, 0.15) is 4.76 Å². The number of hydrogen-bond acceptors (Lipinski definition) is 3. The van der Waals surface area contributed by atoms with Crippen molar-refractivity contribution in [3.8, 4) is 5.75 Å². The first-order valence-corrected chi connectivity index (χ1v) is 3.51. The molecule has 1 aliphatic rings. The second kappa shape index (κ2) is 2.41. The number of benzene rings is 1. The maximum atomic E-state index is 11.1. The number of para-hydroxylation sites is 2. The second-order valence-corrected chi connectivity index (χ2v) is 2.44. The van der Waals surface area contributed by atoms with E-state index in [0.717, 1.165) is 0 Å². The van der Waals surface area contributed by atoms with Crippen molar-refractivity contribution >= 4 is 11.6 Å². The summed E-state index contributed by atoms with van der Waals surface area (Å²) in [6.07, 6.45) is 0. The van der Waals surface area contributed by atoms with E-state index in [1.54, 1.807) is 24.3 Å². The van der Waals surface area contributed by atoms with Crippen LogP contribution in [0, 0.1) is 4.91 Å². The molecular formula is C8H6NO3+. The molecular weight excluding hydrogens is 158 g/mol. The van der Waals surface area contributed by atoms with Crippen LogP contribution in [0.5, 0.6) is 5.75 Å². The summed E-state index contributed by atoms with van der Waals surface area (Å²) in [4.78, 5) is 21.9. The summed E-state index contributed by atoms with van der Waals surface area (Å²) in [5, 5.41) is 0. The van der Waals surface area contributed by atoms with Gasteiger partial charge in [-0.1, -0.05) is 12.1 Å². The maximum absolute atomic E-state index is 11.1. The number of amides is 1. The predicted molar refractivity (Wildman–Crippen MR) is 40.2 cm³/mol. The van der Waals surface area contributed by atoms with Crippen LogP contribution in [0.3, 0.4) is 0 Å². The fourth-order valence-electron chi connectivity index (χ4n) is 1.08. The molecule has 0 saturated carbocycles. The minimum atomic E-state index is -0.561. The van der Waals surface area contributed by atoms with Crippen molar-refractivity contribution in [1.29, 1.82) is 0 Å². The molecule has 4 nitrogen and oxygen atoms in total. The minimum absolute atomic E-state index is 0.166. The van der Waals surface area contributed by atoms with Gasteiger partial charge in [0.25, 0.3) is 0 Å². The SMILES string of the molecule is O=C1COc2ccccc2[N+]1=O. The summed E-state index contributed by atoms with van der Waals surface area (Å²) >= 11 is 0. The summed E-state index contributed by atoms with van der Waals surface area (Å²) in [5.74, 6) is -0.0965. The van der Waals surface area contributed by atoms with Crippen LogP contribution in [-0.4, -0.2) is 17.3 Å². The standard InChI is InChI=1S/C8H6NO3/c10-8-5-12-7-4-2-1-3-6(7)9(8)11/h1-4H,5H2/q+1. The van der Waals surface area contributed by atoms with Crippen LogP contribution < -0.4 is 4.74 Å². The molecule has 0 radical (unpaired) electrons. The number of carbonyl (C=O) groups excluding carboxylic acids is 1. The lowest BCUT2D eigenvalue weighted by Gasteiger charge is -2.06. The van der Waals surface area contributed by atoms with Gasteiger partial charge in [-0.15, -0.1) is 0 Å². The molecule has 0 bridgehead atoms. The van der Waals surface area contributed by atoms with Crippen molar-refractivity contribution in [3.05, 3.63) is 29.2 Å². The lowest BCUT2D eigenvalue weighted by Crippen LogP contribution is -2.25. The number of nitroso groups, excluding NO2 is 1. The van der Waals surface area contributed by atoms with Gasteiger partial charge in [-0.25, -0.2) is 4.79 Å². The molecule has 0 N–H and O–H groups in total. The van der Waals surface area contributed by atoms with Gasteiger partial charge in [0, 0.05) is 11.0 Å². The average molecular weight is 164 g/mol. The molecule has 0 aliphatic carbocycles. The number of rotatable bonds is 0. The minimum Gasteiger partial charge on any atom is -0.471 e. The first kappa shape index (κ1) is 6.97. The molecule has 0 atom stereocenters. The number of hydrogen-bond donors (Lipinski definition) is 0. The molecule has 12 heavy (non-hydrogen) atoms. The van der Waals surface area contributed by atoms with Crippen molar-refractivity contribution in [2.24, 2.45) is 0 Å². The van der Waals surface area contributed by atoms with Gasteiger partial charge in [-0.3, -0.25) is 0 Å². The monoisotopic (exact) mass is 164 g/mol. The summed E-state index contributed by atoms with van der Waals surface area (Å²) in [6.45, 7) is -0.166. The van der Waals surface area contributed by atoms with Crippen LogP contribution in [-0.2, 0) is 4.79 Å². The van der Waals surface area contributed by atoms with Crippen molar-refractivity contribution in [2.45, 2.75) is 0 Å². The third kappa shape index (κ3) is 0.887. The second-order valence-electron chi connectivity index (χ2n) is 2.44. The quantitative estimate of drug-likeness (QED) is 0.537. The van der Waals surface area contributed by atoms with Crippen molar-refractivity contribution in [2.75, 3.05) is 6.61 Å². The number of ether oxygens (including phenoxy) is 1. The zero-order chi connectivity index (χ0) is 8.55. The van der Waals surface area contributed by atoms with Gasteiger partial charge in [0.2, 0.25) is 6.61 Å². The van der Waals surface area contributed by atoms with Crippen LogP contribution in [0.15, 0.2) is 24.3 Å². The van der Waals surface area contributed by atoms with E-state index < -0.39 is 5.91 Å². The maximum Gasteiger partial charge on any atom is 0.476 e. The molecule has 0 fully saturated rings. The van der Waals surface area contributed by atoms with Gasteiger partial charge >= 0.3 is 11.6 Å². The number of carbonyl (C=O) groups is 1. The number of nitrogens with zero attached hydrogens (tertiary/aromatic N) is 1. The molecule has 0 unspecified atom stereocenters. The highest BCUT2D eigenvalue weighted by Gasteiger charge is 2.34. The van der Waals surface area contributed by atoms with Gasteiger partial charge in [-0.05, 0) is 6.07 Å². The van der Waals surface area contributed by atoms with Gasteiger partial charge in [0.15, 0.2) is 5.75 Å². The fraction of sp³-hybridized carbons (Fsp3) is 0.125. The van der Waals surface area contributed by atoms with Gasteiger partial charge in [-0.2, -0.15) is 0 Å². The van der Waals surface area contributed by atoms with E-state index in [4.69, 9.17) is 4.74 Å². The zero-order valence-electron chi connectivity index (χ0n) is 6.19. The largest absolute Gasteiger partial charge is 0.476 e. The molecule has 1 aromatic rings. The number of fused-ring (bicyclic) bond motifs is 1. The van der Waals surface area contributed by atoms with E-state index in [2.05, 4.69) is 0 Å². The van der Waals surface area contributed by atoms with Crippen LogP contribution in [0.2, 0.25) is 0 Å². The Kier molecular flexibility index (Phi) is 1.40. The highest BCUT2D eigenvalue weighted by molar-refractivity contribution is 5.74. The van der Waals surface area contributed by atoms with Crippen molar-refractivity contribution < 1.29 is 14.3 Å². The molecule has 60 valence electrons. The van der Waals surface area contributed by atoms with E-state index in [1.807, 2.05) is 0 Å². The van der Waals surface area contributed by atoms with Crippen LogP contribution in [0.4, 0.5) is 5.69 Å². The van der Waals surface area contributed by atoms with Crippen molar-refractivity contribution in [3.63, 3.8) is 0 Å². The van der Waals surface area contributed by atoms with Crippen LogP contribution in [0.1, 0.15) is 0 Å². The Morgan fingerprint density at radius 1 is 1.33 bits per heavy atom. The Hall–Kier alpha value is -1.71. The molecule has 0 spiro atoms.